The molecule has 8 rings (SSSR count). The Hall–Kier alpha value is -4.88. The van der Waals surface area contributed by atoms with Crippen molar-refractivity contribution in [3.8, 4) is 22.3 Å². The molecule has 8 aromatic rings. The summed E-state index contributed by atoms with van der Waals surface area (Å²) < 4.78 is 6.29. The van der Waals surface area contributed by atoms with E-state index in [1.54, 1.807) is 0 Å². The van der Waals surface area contributed by atoms with Crippen LogP contribution in [0.15, 0.2) is 89.3 Å². The summed E-state index contributed by atoms with van der Waals surface area (Å²) in [6.07, 6.45) is 0. The fraction of sp³-hybridized carbons (Fsp3) is 0.182. The molecule has 0 amide bonds. The van der Waals surface area contributed by atoms with Gasteiger partial charge in [0, 0.05) is 10.8 Å². The van der Waals surface area contributed by atoms with E-state index in [0.29, 0.717) is 0 Å². The zero-order chi connectivity index (χ0) is 31.3. The first-order valence-corrected chi connectivity index (χ1v) is 16.0. The first-order chi connectivity index (χ1) is 21.7. The molecule has 1 nitrogen and oxygen atoms in total. The molecule has 0 bridgehead atoms. The number of furan rings is 1. The van der Waals surface area contributed by atoms with Crippen LogP contribution in [0.2, 0.25) is 0 Å². The summed E-state index contributed by atoms with van der Waals surface area (Å²) in [6.45, 7) is 18.5. The highest BCUT2D eigenvalue weighted by atomic mass is 16.3. The van der Waals surface area contributed by atoms with Crippen LogP contribution in [0.25, 0.3) is 76.5 Å². The summed E-state index contributed by atoms with van der Waals surface area (Å²) in [5.41, 5.74) is 18.0. The Bertz CT molecular complexity index is 2470. The predicted molar refractivity (Wildman–Crippen MR) is 195 cm³/mol. The van der Waals surface area contributed by atoms with Gasteiger partial charge in [-0.3, -0.25) is 0 Å². The van der Waals surface area contributed by atoms with Gasteiger partial charge in [-0.2, -0.15) is 0 Å². The van der Waals surface area contributed by atoms with Crippen molar-refractivity contribution < 1.29 is 4.42 Å². The molecule has 7 aromatic carbocycles. The van der Waals surface area contributed by atoms with Gasteiger partial charge < -0.3 is 4.42 Å². The smallest absolute Gasteiger partial charge is 0.135 e. The summed E-state index contributed by atoms with van der Waals surface area (Å²) in [4.78, 5) is 0. The average Bonchev–Trinajstić information content (AvgIpc) is 3.44. The van der Waals surface area contributed by atoms with Gasteiger partial charge in [0.25, 0.3) is 0 Å². The molecule has 0 atom stereocenters. The van der Waals surface area contributed by atoms with Gasteiger partial charge in [0.15, 0.2) is 0 Å². The quantitative estimate of drug-likeness (QED) is 0.185. The molecule has 0 aliphatic rings. The minimum atomic E-state index is 0.932. The van der Waals surface area contributed by atoms with Crippen LogP contribution in [0.5, 0.6) is 0 Å². The Morgan fingerprint density at radius 2 is 0.800 bits per heavy atom. The van der Waals surface area contributed by atoms with Crippen LogP contribution in [-0.2, 0) is 0 Å². The van der Waals surface area contributed by atoms with E-state index < -0.39 is 0 Å². The van der Waals surface area contributed by atoms with E-state index >= 15 is 0 Å². The molecule has 0 aliphatic carbocycles. The van der Waals surface area contributed by atoms with E-state index in [1.165, 1.54) is 104 Å². The van der Waals surface area contributed by atoms with Crippen molar-refractivity contribution in [1.29, 1.82) is 0 Å². The number of para-hydroxylation sites is 1. The van der Waals surface area contributed by atoms with Gasteiger partial charge in [-0.1, -0.05) is 60.7 Å². The molecular formula is C44H38O. The highest BCUT2D eigenvalue weighted by Gasteiger charge is 2.26. The third kappa shape index (κ3) is 3.80. The summed E-state index contributed by atoms with van der Waals surface area (Å²) in [5, 5.41) is 10.3. The van der Waals surface area contributed by atoms with Crippen molar-refractivity contribution in [3.05, 3.63) is 129 Å². The number of hydrogen-bond acceptors (Lipinski definition) is 1. The molecule has 45 heavy (non-hydrogen) atoms. The summed E-state index contributed by atoms with van der Waals surface area (Å²) in [7, 11) is 0. The van der Waals surface area contributed by atoms with E-state index in [2.05, 4.69) is 134 Å². The van der Waals surface area contributed by atoms with Crippen LogP contribution in [-0.4, -0.2) is 0 Å². The monoisotopic (exact) mass is 582 g/mol. The average molecular weight is 583 g/mol. The summed E-state index contributed by atoms with van der Waals surface area (Å²) >= 11 is 0. The van der Waals surface area contributed by atoms with Crippen molar-refractivity contribution in [1.82, 2.24) is 0 Å². The fourth-order valence-corrected chi connectivity index (χ4v) is 7.93. The maximum absolute atomic E-state index is 6.29. The lowest BCUT2D eigenvalue weighted by atomic mass is 9.76. The Labute approximate surface area is 265 Å². The van der Waals surface area contributed by atoms with Gasteiger partial charge in [0.1, 0.15) is 11.2 Å². The van der Waals surface area contributed by atoms with Crippen molar-refractivity contribution in [2.24, 2.45) is 0 Å². The van der Waals surface area contributed by atoms with Gasteiger partial charge >= 0.3 is 0 Å². The van der Waals surface area contributed by atoms with Crippen LogP contribution < -0.4 is 0 Å². The van der Waals surface area contributed by atoms with Crippen LogP contribution in [0.3, 0.4) is 0 Å². The van der Waals surface area contributed by atoms with E-state index in [1.807, 2.05) is 6.07 Å². The number of hydrogen-bond donors (Lipinski definition) is 0. The second kappa shape index (κ2) is 9.81. The lowest BCUT2D eigenvalue weighted by Gasteiger charge is -2.27. The number of rotatable bonds is 2. The largest absolute Gasteiger partial charge is 0.456 e. The van der Waals surface area contributed by atoms with Gasteiger partial charge in [-0.25, -0.2) is 0 Å². The zero-order valence-electron chi connectivity index (χ0n) is 27.5. The third-order valence-electron chi connectivity index (χ3n) is 11.1. The van der Waals surface area contributed by atoms with E-state index in [0.717, 1.165) is 16.6 Å². The van der Waals surface area contributed by atoms with Crippen LogP contribution >= 0.6 is 0 Å². The highest BCUT2D eigenvalue weighted by Crippen LogP contribution is 2.51. The third-order valence-corrected chi connectivity index (χ3v) is 11.1. The zero-order valence-corrected chi connectivity index (χ0v) is 27.5. The Morgan fingerprint density at radius 3 is 1.38 bits per heavy atom. The first kappa shape index (κ1) is 27.7. The van der Waals surface area contributed by atoms with Crippen LogP contribution in [0, 0.1) is 55.4 Å². The van der Waals surface area contributed by atoms with E-state index in [9.17, 15) is 0 Å². The Morgan fingerprint density at radius 1 is 0.356 bits per heavy atom. The molecular weight excluding hydrogens is 544 g/mol. The molecule has 0 fully saturated rings. The number of benzene rings is 7. The lowest BCUT2D eigenvalue weighted by molar-refractivity contribution is 0.669. The van der Waals surface area contributed by atoms with Crippen LogP contribution in [0.4, 0.5) is 0 Å². The second-order valence-corrected chi connectivity index (χ2v) is 13.1. The lowest BCUT2D eigenvalue weighted by Crippen LogP contribution is -2.03. The first-order valence-electron chi connectivity index (χ1n) is 16.0. The molecule has 0 spiro atoms. The predicted octanol–water partition coefficient (Wildman–Crippen LogP) is 12.8. The van der Waals surface area contributed by atoms with Gasteiger partial charge in [0.05, 0.1) is 0 Å². The molecule has 1 aromatic heterocycles. The number of aryl methyl sites for hydroxylation is 4. The topological polar surface area (TPSA) is 13.1 Å². The van der Waals surface area contributed by atoms with Crippen LogP contribution in [0.1, 0.15) is 44.5 Å². The second-order valence-electron chi connectivity index (χ2n) is 13.1. The van der Waals surface area contributed by atoms with E-state index in [4.69, 9.17) is 4.42 Å². The normalized spacial score (nSPS) is 12.0. The van der Waals surface area contributed by atoms with Crippen molar-refractivity contribution in [2.45, 2.75) is 55.4 Å². The van der Waals surface area contributed by atoms with Crippen molar-refractivity contribution in [3.63, 3.8) is 0 Å². The maximum atomic E-state index is 6.29. The highest BCUT2D eigenvalue weighted by molar-refractivity contribution is 6.26. The molecule has 0 unspecified atom stereocenters. The molecule has 0 radical (unpaired) electrons. The van der Waals surface area contributed by atoms with Gasteiger partial charge in [0.2, 0.25) is 0 Å². The SMILES string of the molecule is Cc1c(C)c(C)c2c(-c3ccc4oc5ccccc5c4c3)c3c(C)c(C)c(C)c(C)c3c(-c3ccc4ccccc4c3)c2c1C. The fourth-order valence-electron chi connectivity index (χ4n) is 7.93. The van der Waals surface area contributed by atoms with Gasteiger partial charge in [-0.15, -0.1) is 0 Å². The molecule has 1 heteroatoms. The minimum absolute atomic E-state index is 0.932. The molecule has 0 N–H and O–H groups in total. The Kier molecular flexibility index (Phi) is 6.03. The molecule has 0 saturated carbocycles. The molecule has 0 aliphatic heterocycles. The van der Waals surface area contributed by atoms with Crippen molar-refractivity contribution >= 4 is 54.3 Å². The minimum Gasteiger partial charge on any atom is -0.456 e. The molecule has 220 valence electrons. The molecule has 0 saturated heterocycles. The Balaban J connectivity index is 1.66. The summed E-state index contributed by atoms with van der Waals surface area (Å²) in [6, 6.07) is 31.0. The summed E-state index contributed by atoms with van der Waals surface area (Å²) in [5.74, 6) is 0. The van der Waals surface area contributed by atoms with Crippen molar-refractivity contribution in [2.75, 3.05) is 0 Å². The number of fused-ring (bicyclic) bond motifs is 6. The maximum Gasteiger partial charge on any atom is 0.135 e. The van der Waals surface area contributed by atoms with E-state index in [-0.39, 0.29) is 0 Å². The standard InChI is InChI=1S/C44H38O/c1-23-25(3)29(7)41-39(27(23)5)43(33-18-17-31-13-9-10-14-32(31)21-33)40-28(6)24(2)26(4)30(8)42(40)44(41)34-19-20-38-36(22-34)35-15-11-12-16-37(35)45-38/h9-22H,1-8H3. The molecule has 1 heterocycles. The van der Waals surface area contributed by atoms with Gasteiger partial charge in [-0.05, 0) is 179 Å².